The van der Waals surface area contributed by atoms with Gasteiger partial charge in [-0.25, -0.2) is 0 Å². The van der Waals surface area contributed by atoms with E-state index in [0.29, 0.717) is 32.1 Å². The molecule has 1 aliphatic rings. The molecule has 3 aromatic carbocycles. The fraction of sp³-hybridized carbons (Fsp3) is 0.324. The van der Waals surface area contributed by atoms with Crippen molar-refractivity contribution >= 4 is 28.7 Å². The minimum absolute atomic E-state index is 0.0155. The fourth-order valence-corrected chi connectivity index (χ4v) is 5.87. The van der Waals surface area contributed by atoms with Gasteiger partial charge in [0.25, 0.3) is 0 Å². The molecular weight excluding hydrogens is 566 g/mol. The van der Waals surface area contributed by atoms with Gasteiger partial charge < -0.3 is 25.5 Å². The van der Waals surface area contributed by atoms with Crippen LogP contribution in [0.3, 0.4) is 0 Å². The largest absolute Gasteiger partial charge is 0.463 e. The Balaban J connectivity index is 1.33. The smallest absolute Gasteiger partial charge is 0.309 e. The Kier molecular flexibility index (Phi) is 11.2. The standard InChI is InChI=1S/C37H41N3O5/c41-24-31(20-27-13-5-2-6-14-27)39-35(42)22-28-15-7-8-16-29(19-26-11-3-1-4-12-26)37(44)45-25-32(40-36(28)43)21-30-23-38-34-18-10-9-17-33(30)34/h1-14,17-18,23,28-29,31-32,38,41H,15-16,19-22,24-25H2,(H,39,42)(H,40,43)/t28-,29-,31-,32+/m1/s1. The van der Waals surface area contributed by atoms with Crippen molar-refractivity contribution in [3.63, 3.8) is 0 Å². The number of aromatic nitrogens is 1. The van der Waals surface area contributed by atoms with Crippen LogP contribution in [0.25, 0.3) is 10.9 Å². The number of benzene rings is 3. The maximum atomic E-state index is 13.7. The summed E-state index contributed by atoms with van der Waals surface area (Å²) in [7, 11) is 0. The number of hydrogen-bond donors (Lipinski definition) is 4. The molecule has 0 saturated heterocycles. The number of rotatable bonds is 10. The van der Waals surface area contributed by atoms with Crippen molar-refractivity contribution < 1.29 is 24.2 Å². The number of carbonyl (C=O) groups excluding carboxylic acids is 3. The molecule has 2 heterocycles. The summed E-state index contributed by atoms with van der Waals surface area (Å²) < 4.78 is 5.86. The molecule has 0 spiro atoms. The molecule has 4 aromatic rings. The molecule has 1 aliphatic heterocycles. The molecule has 45 heavy (non-hydrogen) atoms. The van der Waals surface area contributed by atoms with Gasteiger partial charge in [0.05, 0.1) is 30.5 Å². The molecule has 8 heteroatoms. The third-order valence-corrected chi connectivity index (χ3v) is 8.29. The average molecular weight is 608 g/mol. The number of aliphatic hydroxyl groups is 1. The van der Waals surface area contributed by atoms with Crippen LogP contribution in [0.15, 0.2) is 103 Å². The second-order valence-electron chi connectivity index (χ2n) is 11.8. The lowest BCUT2D eigenvalue weighted by atomic mass is 9.94. The van der Waals surface area contributed by atoms with Gasteiger partial charge in [-0.1, -0.05) is 91.0 Å². The summed E-state index contributed by atoms with van der Waals surface area (Å²) in [5.41, 5.74) is 4.04. The number of aliphatic hydroxyl groups excluding tert-OH is 1. The van der Waals surface area contributed by atoms with Gasteiger partial charge in [-0.2, -0.15) is 0 Å². The lowest BCUT2D eigenvalue weighted by molar-refractivity contribution is -0.150. The number of cyclic esters (lactones) is 1. The normalized spacial score (nSPS) is 20.0. The van der Waals surface area contributed by atoms with Crippen molar-refractivity contribution in [1.29, 1.82) is 0 Å². The number of para-hydroxylation sites is 1. The molecule has 4 N–H and O–H groups in total. The molecule has 0 saturated carbocycles. The van der Waals surface area contributed by atoms with Gasteiger partial charge in [0.15, 0.2) is 0 Å². The van der Waals surface area contributed by atoms with Crippen LogP contribution >= 0.6 is 0 Å². The lowest BCUT2D eigenvalue weighted by Crippen LogP contribution is -2.46. The van der Waals surface area contributed by atoms with Crippen molar-refractivity contribution in [3.8, 4) is 0 Å². The highest BCUT2D eigenvalue weighted by Gasteiger charge is 2.28. The average Bonchev–Trinajstić information content (AvgIpc) is 3.47. The minimum atomic E-state index is -0.634. The number of allylic oxidation sites excluding steroid dienone is 2. The van der Waals surface area contributed by atoms with Gasteiger partial charge in [-0.3, -0.25) is 14.4 Å². The first-order valence-electron chi connectivity index (χ1n) is 15.6. The van der Waals surface area contributed by atoms with Crippen LogP contribution in [0.1, 0.15) is 36.0 Å². The van der Waals surface area contributed by atoms with E-state index in [1.807, 2.05) is 103 Å². The van der Waals surface area contributed by atoms with Gasteiger partial charge in [-0.05, 0) is 54.9 Å². The van der Waals surface area contributed by atoms with Gasteiger partial charge in [0, 0.05) is 23.5 Å². The Labute approximate surface area is 263 Å². The van der Waals surface area contributed by atoms with Crippen LogP contribution in [0.2, 0.25) is 0 Å². The summed E-state index contributed by atoms with van der Waals surface area (Å²) in [6, 6.07) is 26.5. The quantitative estimate of drug-likeness (QED) is 0.154. The first kappa shape index (κ1) is 31.7. The molecule has 1 aromatic heterocycles. The number of carbonyl (C=O) groups is 3. The Morgan fingerprint density at radius 3 is 2.27 bits per heavy atom. The molecule has 0 aliphatic carbocycles. The van der Waals surface area contributed by atoms with Gasteiger partial charge >= 0.3 is 5.97 Å². The van der Waals surface area contributed by atoms with Crippen LogP contribution in [0.4, 0.5) is 0 Å². The van der Waals surface area contributed by atoms with Crippen LogP contribution in [-0.2, 0) is 38.4 Å². The lowest BCUT2D eigenvalue weighted by Gasteiger charge is -2.25. The molecule has 0 fully saturated rings. The van der Waals surface area contributed by atoms with Crippen LogP contribution < -0.4 is 10.6 Å². The molecule has 2 amide bonds. The van der Waals surface area contributed by atoms with Crippen LogP contribution in [0, 0.1) is 11.8 Å². The molecule has 5 rings (SSSR count). The minimum Gasteiger partial charge on any atom is -0.463 e. The van der Waals surface area contributed by atoms with E-state index in [1.165, 1.54) is 0 Å². The molecule has 0 unspecified atom stereocenters. The number of fused-ring (bicyclic) bond motifs is 1. The predicted octanol–water partition coefficient (Wildman–Crippen LogP) is 4.67. The van der Waals surface area contributed by atoms with Crippen LogP contribution in [-0.4, -0.2) is 53.2 Å². The summed E-state index contributed by atoms with van der Waals surface area (Å²) >= 11 is 0. The summed E-state index contributed by atoms with van der Waals surface area (Å²) in [6.07, 6.45) is 7.96. The van der Waals surface area contributed by atoms with Crippen molar-refractivity contribution in [2.75, 3.05) is 13.2 Å². The number of esters is 1. The Morgan fingerprint density at radius 1 is 0.867 bits per heavy atom. The zero-order chi connectivity index (χ0) is 31.4. The van der Waals surface area contributed by atoms with E-state index in [-0.39, 0.29) is 43.3 Å². The number of amides is 2. The molecular formula is C37H41N3O5. The zero-order valence-electron chi connectivity index (χ0n) is 25.4. The fourth-order valence-electron chi connectivity index (χ4n) is 5.87. The topological polar surface area (TPSA) is 121 Å². The highest BCUT2D eigenvalue weighted by molar-refractivity contribution is 5.87. The molecule has 0 bridgehead atoms. The Morgan fingerprint density at radius 2 is 1.53 bits per heavy atom. The molecule has 0 radical (unpaired) electrons. The van der Waals surface area contributed by atoms with Gasteiger partial charge in [0.2, 0.25) is 11.8 Å². The second kappa shape index (κ2) is 15.9. The number of aromatic amines is 1. The highest BCUT2D eigenvalue weighted by Crippen LogP contribution is 2.22. The van der Waals surface area contributed by atoms with Gasteiger partial charge in [-0.15, -0.1) is 0 Å². The maximum Gasteiger partial charge on any atom is 0.309 e. The van der Waals surface area contributed by atoms with E-state index in [1.54, 1.807) is 0 Å². The summed E-state index contributed by atoms with van der Waals surface area (Å²) in [5.74, 6) is -1.89. The first-order chi connectivity index (χ1) is 22.0. The van der Waals surface area contributed by atoms with Crippen LogP contribution in [0.5, 0.6) is 0 Å². The summed E-state index contributed by atoms with van der Waals surface area (Å²) in [5, 5.41) is 17.0. The summed E-state index contributed by atoms with van der Waals surface area (Å²) in [6.45, 7) is -0.195. The Bertz CT molecular complexity index is 1580. The van der Waals surface area contributed by atoms with Crippen molar-refractivity contribution in [2.45, 2.75) is 50.6 Å². The maximum absolute atomic E-state index is 13.7. The van der Waals surface area contributed by atoms with E-state index in [0.717, 1.165) is 27.6 Å². The molecule has 4 atom stereocenters. The third-order valence-electron chi connectivity index (χ3n) is 8.29. The van der Waals surface area contributed by atoms with Crippen molar-refractivity contribution in [3.05, 3.63) is 120 Å². The highest BCUT2D eigenvalue weighted by atomic mass is 16.5. The number of H-pyrrole nitrogens is 1. The van der Waals surface area contributed by atoms with E-state index >= 15 is 0 Å². The monoisotopic (exact) mass is 607 g/mol. The molecule has 8 nitrogen and oxygen atoms in total. The Hall–Kier alpha value is -4.69. The van der Waals surface area contributed by atoms with Gasteiger partial charge in [0.1, 0.15) is 6.61 Å². The SMILES string of the molecule is O=C(C[C@H]1CC=CC[C@H](Cc2ccccc2)C(=O)OC[C@H](Cc2c[nH]c3ccccc23)NC1=O)N[C@@H](CO)Cc1ccccc1. The van der Waals surface area contributed by atoms with E-state index < -0.39 is 18.0 Å². The van der Waals surface area contributed by atoms with E-state index in [2.05, 4.69) is 15.6 Å². The second-order valence-corrected chi connectivity index (χ2v) is 11.8. The first-order valence-corrected chi connectivity index (χ1v) is 15.6. The van der Waals surface area contributed by atoms with Crippen molar-refractivity contribution in [1.82, 2.24) is 15.6 Å². The zero-order valence-corrected chi connectivity index (χ0v) is 25.4. The summed E-state index contributed by atoms with van der Waals surface area (Å²) in [4.78, 5) is 43.4. The molecule has 234 valence electrons. The van der Waals surface area contributed by atoms with E-state index in [9.17, 15) is 19.5 Å². The predicted molar refractivity (Wildman–Crippen MR) is 174 cm³/mol. The number of hydrogen-bond acceptors (Lipinski definition) is 5. The third kappa shape index (κ3) is 9.16. The number of ether oxygens (including phenoxy) is 1. The van der Waals surface area contributed by atoms with Crippen molar-refractivity contribution in [2.24, 2.45) is 11.8 Å². The number of nitrogens with one attached hydrogen (secondary N) is 3. The van der Waals surface area contributed by atoms with E-state index in [4.69, 9.17) is 4.74 Å².